The number of halogens is 3. The highest BCUT2D eigenvalue weighted by molar-refractivity contribution is 6.05. The number of rotatable bonds is 6. The number of aromatic nitrogens is 1. The molecule has 10 heteroatoms. The molecule has 2 rings (SSSR count). The zero-order valence-corrected chi connectivity index (χ0v) is 15.1. The number of nitrogens with zero attached hydrogens (tertiary/aromatic N) is 1. The monoisotopic (exact) mass is 397 g/mol. The van der Waals surface area contributed by atoms with E-state index in [2.05, 4.69) is 15.6 Å². The summed E-state index contributed by atoms with van der Waals surface area (Å²) < 4.78 is 47.7. The van der Waals surface area contributed by atoms with Crippen molar-refractivity contribution in [3.8, 4) is 0 Å². The van der Waals surface area contributed by atoms with Gasteiger partial charge < -0.3 is 14.8 Å². The molecule has 0 unspecified atom stereocenters. The largest absolute Gasteiger partial charge is 0.447 e. The molecule has 2 aromatic rings. The molecule has 0 bridgehead atoms. The van der Waals surface area contributed by atoms with Crippen molar-refractivity contribution in [3.05, 3.63) is 53.3 Å². The second-order valence-electron chi connectivity index (χ2n) is 5.62. The first kappa shape index (κ1) is 21.2. The second kappa shape index (κ2) is 9.18. The third-order valence-electron chi connectivity index (χ3n) is 3.51. The van der Waals surface area contributed by atoms with Crippen molar-refractivity contribution in [2.24, 2.45) is 0 Å². The topological polar surface area (TPSA) is 89.5 Å². The van der Waals surface area contributed by atoms with Gasteiger partial charge >= 0.3 is 12.3 Å². The standard InChI is InChI=1S/C18H18F3N3O4/c1-11-14(6-7-15(22-11)18(19,20)21)16(25)23-12-4-3-5-13(10-12)24-17(26)28-9-8-27-2/h3-7,10H,8-9H2,1-2H3,(H,23,25)(H,24,26). The number of ether oxygens (including phenoxy) is 2. The molecule has 0 aliphatic heterocycles. The first-order valence-corrected chi connectivity index (χ1v) is 8.09. The fourth-order valence-electron chi connectivity index (χ4n) is 2.20. The van der Waals surface area contributed by atoms with E-state index in [1.807, 2.05) is 0 Å². The average molecular weight is 397 g/mol. The zero-order chi connectivity index (χ0) is 20.7. The predicted molar refractivity (Wildman–Crippen MR) is 95.2 cm³/mol. The van der Waals surface area contributed by atoms with Crippen molar-refractivity contribution in [2.75, 3.05) is 31.0 Å². The number of pyridine rings is 1. The van der Waals surface area contributed by atoms with Gasteiger partial charge in [0, 0.05) is 18.5 Å². The van der Waals surface area contributed by atoms with Gasteiger partial charge in [0.15, 0.2) is 0 Å². The number of hydrogen-bond acceptors (Lipinski definition) is 5. The van der Waals surface area contributed by atoms with Crippen LogP contribution in [0.4, 0.5) is 29.3 Å². The van der Waals surface area contributed by atoms with E-state index < -0.39 is 23.9 Å². The van der Waals surface area contributed by atoms with Crippen LogP contribution in [0.15, 0.2) is 36.4 Å². The molecule has 0 saturated heterocycles. The van der Waals surface area contributed by atoms with Crippen molar-refractivity contribution in [2.45, 2.75) is 13.1 Å². The molecule has 1 aromatic carbocycles. The fourth-order valence-corrected chi connectivity index (χ4v) is 2.20. The molecule has 1 aromatic heterocycles. The molecule has 0 radical (unpaired) electrons. The number of amides is 2. The third-order valence-corrected chi connectivity index (χ3v) is 3.51. The highest BCUT2D eigenvalue weighted by Crippen LogP contribution is 2.28. The molecular weight excluding hydrogens is 379 g/mol. The van der Waals surface area contributed by atoms with E-state index in [9.17, 15) is 22.8 Å². The van der Waals surface area contributed by atoms with Gasteiger partial charge in [0.1, 0.15) is 12.3 Å². The van der Waals surface area contributed by atoms with Crippen LogP contribution in [0.5, 0.6) is 0 Å². The maximum atomic E-state index is 12.7. The van der Waals surface area contributed by atoms with E-state index in [0.717, 1.165) is 12.1 Å². The Bertz CT molecular complexity index is 856. The highest BCUT2D eigenvalue weighted by Gasteiger charge is 2.33. The van der Waals surface area contributed by atoms with Gasteiger partial charge in [0.05, 0.1) is 17.9 Å². The van der Waals surface area contributed by atoms with Crippen LogP contribution in [0.25, 0.3) is 0 Å². The summed E-state index contributed by atoms with van der Waals surface area (Å²) in [4.78, 5) is 27.4. The molecule has 0 aliphatic rings. The second-order valence-corrected chi connectivity index (χ2v) is 5.62. The number of methoxy groups -OCH3 is 1. The quantitative estimate of drug-likeness (QED) is 0.723. The summed E-state index contributed by atoms with van der Waals surface area (Å²) in [6.07, 6.45) is -5.28. The number of nitrogens with one attached hydrogen (secondary N) is 2. The Labute approximate surface area is 158 Å². The van der Waals surface area contributed by atoms with Crippen LogP contribution >= 0.6 is 0 Å². The van der Waals surface area contributed by atoms with Gasteiger partial charge in [0.2, 0.25) is 0 Å². The molecule has 0 atom stereocenters. The number of carbonyl (C=O) groups is 2. The Kier molecular flexibility index (Phi) is 6.94. The van der Waals surface area contributed by atoms with Gasteiger partial charge in [-0.2, -0.15) is 13.2 Å². The minimum atomic E-state index is -4.59. The summed E-state index contributed by atoms with van der Waals surface area (Å²) >= 11 is 0. The van der Waals surface area contributed by atoms with Crippen LogP contribution in [0, 0.1) is 6.92 Å². The van der Waals surface area contributed by atoms with E-state index in [1.165, 1.54) is 20.1 Å². The van der Waals surface area contributed by atoms with Crippen LogP contribution in [0.2, 0.25) is 0 Å². The third kappa shape index (κ3) is 5.95. The molecule has 1 heterocycles. The smallest absolute Gasteiger partial charge is 0.433 e. The van der Waals surface area contributed by atoms with Crippen LogP contribution in [-0.2, 0) is 15.7 Å². The van der Waals surface area contributed by atoms with Gasteiger partial charge in [-0.3, -0.25) is 10.1 Å². The molecule has 7 nitrogen and oxygen atoms in total. The normalized spacial score (nSPS) is 11.0. The molecule has 0 saturated carbocycles. The average Bonchev–Trinajstić information content (AvgIpc) is 2.61. The maximum Gasteiger partial charge on any atom is 0.433 e. The van der Waals surface area contributed by atoms with E-state index in [0.29, 0.717) is 11.4 Å². The van der Waals surface area contributed by atoms with Crippen molar-refractivity contribution < 1.29 is 32.2 Å². The van der Waals surface area contributed by atoms with E-state index in [1.54, 1.807) is 18.2 Å². The SMILES string of the molecule is COCCOC(=O)Nc1cccc(NC(=O)c2ccc(C(F)(F)F)nc2C)c1. The van der Waals surface area contributed by atoms with Gasteiger partial charge in [-0.1, -0.05) is 6.07 Å². The number of carbonyl (C=O) groups excluding carboxylic acids is 2. The number of aryl methyl sites for hydroxylation is 1. The number of anilines is 2. The Morgan fingerprint density at radius 2 is 1.75 bits per heavy atom. The van der Waals surface area contributed by atoms with Gasteiger partial charge in [-0.15, -0.1) is 0 Å². The summed E-state index contributed by atoms with van der Waals surface area (Å²) in [6, 6.07) is 8.01. The first-order valence-electron chi connectivity index (χ1n) is 8.09. The van der Waals surface area contributed by atoms with Gasteiger partial charge in [-0.25, -0.2) is 9.78 Å². The van der Waals surface area contributed by atoms with E-state index >= 15 is 0 Å². The lowest BCUT2D eigenvalue weighted by Crippen LogP contribution is -2.18. The van der Waals surface area contributed by atoms with Crippen molar-refractivity contribution in [1.29, 1.82) is 0 Å². The van der Waals surface area contributed by atoms with E-state index in [4.69, 9.17) is 9.47 Å². The molecule has 0 fully saturated rings. The number of benzene rings is 1. The summed E-state index contributed by atoms with van der Waals surface area (Å²) in [5, 5.41) is 5.04. The minimum absolute atomic E-state index is 0.00494. The first-order chi connectivity index (χ1) is 13.2. The molecule has 28 heavy (non-hydrogen) atoms. The Hall–Kier alpha value is -3.14. The van der Waals surface area contributed by atoms with Crippen molar-refractivity contribution in [1.82, 2.24) is 4.98 Å². The van der Waals surface area contributed by atoms with Crippen LogP contribution in [-0.4, -0.2) is 37.3 Å². The van der Waals surface area contributed by atoms with Gasteiger partial charge in [-0.05, 0) is 37.3 Å². The summed E-state index contributed by atoms with van der Waals surface area (Å²) in [6.45, 7) is 1.65. The molecule has 0 aliphatic carbocycles. The maximum absolute atomic E-state index is 12.7. The Balaban J connectivity index is 2.05. The fraction of sp³-hybridized carbons (Fsp3) is 0.278. The lowest BCUT2D eigenvalue weighted by Gasteiger charge is -2.11. The minimum Gasteiger partial charge on any atom is -0.447 e. The molecule has 150 valence electrons. The van der Waals surface area contributed by atoms with Crippen molar-refractivity contribution in [3.63, 3.8) is 0 Å². The molecule has 0 spiro atoms. The Morgan fingerprint density at radius 3 is 2.36 bits per heavy atom. The predicted octanol–water partition coefficient (Wildman–Crippen LogP) is 3.86. The lowest BCUT2D eigenvalue weighted by molar-refractivity contribution is -0.141. The number of hydrogen-bond donors (Lipinski definition) is 2. The summed E-state index contributed by atoms with van der Waals surface area (Å²) in [5.74, 6) is -0.626. The lowest BCUT2D eigenvalue weighted by atomic mass is 10.1. The molecule has 2 N–H and O–H groups in total. The highest BCUT2D eigenvalue weighted by atomic mass is 19.4. The summed E-state index contributed by atoms with van der Waals surface area (Å²) in [5.41, 5.74) is -0.421. The molecule has 2 amide bonds. The van der Waals surface area contributed by atoms with Crippen LogP contribution < -0.4 is 10.6 Å². The number of alkyl halides is 3. The summed E-state index contributed by atoms with van der Waals surface area (Å²) in [7, 11) is 1.47. The van der Waals surface area contributed by atoms with Crippen molar-refractivity contribution >= 4 is 23.4 Å². The van der Waals surface area contributed by atoms with E-state index in [-0.39, 0.29) is 24.5 Å². The molecular formula is C18H18F3N3O4. The van der Waals surface area contributed by atoms with Crippen LogP contribution in [0.1, 0.15) is 21.7 Å². The Morgan fingerprint density at radius 1 is 1.07 bits per heavy atom. The van der Waals surface area contributed by atoms with Gasteiger partial charge in [0.25, 0.3) is 5.91 Å². The van der Waals surface area contributed by atoms with Crippen LogP contribution in [0.3, 0.4) is 0 Å². The zero-order valence-electron chi connectivity index (χ0n) is 15.1.